The number of likely N-dealkylation sites (tertiary alicyclic amines) is 1. The van der Waals surface area contributed by atoms with Crippen molar-refractivity contribution in [2.45, 2.75) is 58.4 Å². The molecule has 2 aliphatic rings. The number of amides is 1. The highest BCUT2D eigenvalue weighted by Gasteiger charge is 2.30. The summed E-state index contributed by atoms with van der Waals surface area (Å²) in [6.07, 6.45) is 5.71. The zero-order valence-corrected chi connectivity index (χ0v) is 16.0. The maximum Gasteiger partial charge on any atom is 0.223 e. The van der Waals surface area contributed by atoms with Gasteiger partial charge in [0.1, 0.15) is 0 Å². The third-order valence-corrected chi connectivity index (χ3v) is 7.40. The van der Waals surface area contributed by atoms with Gasteiger partial charge in [-0.15, -0.1) is 0 Å². The summed E-state index contributed by atoms with van der Waals surface area (Å²) in [6, 6.07) is 0.614. The highest BCUT2D eigenvalue weighted by atomic mass is 32.2. The van der Waals surface area contributed by atoms with Crippen molar-refractivity contribution in [3.63, 3.8) is 0 Å². The summed E-state index contributed by atoms with van der Waals surface area (Å²) in [5.74, 6) is 0.252. The van der Waals surface area contributed by atoms with E-state index in [0.717, 1.165) is 13.1 Å². The zero-order valence-electron chi connectivity index (χ0n) is 15.2. The average molecular weight is 360 g/mol. The van der Waals surface area contributed by atoms with Crippen molar-refractivity contribution in [3.8, 4) is 0 Å². The summed E-state index contributed by atoms with van der Waals surface area (Å²) >= 11 is 0. The molecule has 0 aliphatic carbocycles. The summed E-state index contributed by atoms with van der Waals surface area (Å²) in [6.45, 7) is 7.82. The van der Waals surface area contributed by atoms with Gasteiger partial charge in [0.25, 0.3) is 0 Å². The van der Waals surface area contributed by atoms with Crippen LogP contribution in [0.5, 0.6) is 0 Å². The van der Waals surface area contributed by atoms with Crippen molar-refractivity contribution in [2.24, 2.45) is 5.92 Å². The lowest BCUT2D eigenvalue weighted by Crippen LogP contribution is -2.46. The second-order valence-electron chi connectivity index (χ2n) is 7.16. The predicted molar refractivity (Wildman–Crippen MR) is 96.3 cm³/mol. The minimum absolute atomic E-state index is 0.0446. The van der Waals surface area contributed by atoms with E-state index in [-0.39, 0.29) is 17.6 Å². The number of carbonyl (C=O) groups excluding carboxylic acids is 1. The third-order valence-electron chi connectivity index (χ3n) is 5.32. The van der Waals surface area contributed by atoms with Crippen LogP contribution >= 0.6 is 0 Å². The molecule has 2 fully saturated rings. The van der Waals surface area contributed by atoms with Crippen LogP contribution in [0.1, 0.15) is 52.4 Å². The van der Waals surface area contributed by atoms with Gasteiger partial charge in [-0.25, -0.2) is 12.7 Å². The molecule has 0 aromatic rings. The number of carbonyl (C=O) groups is 1. The van der Waals surface area contributed by atoms with Crippen LogP contribution in [0.4, 0.5) is 0 Å². The number of hydrogen-bond acceptors (Lipinski definition) is 4. The Labute approximate surface area is 147 Å². The van der Waals surface area contributed by atoms with Gasteiger partial charge in [-0.3, -0.25) is 9.69 Å². The van der Waals surface area contributed by atoms with E-state index < -0.39 is 10.0 Å². The lowest BCUT2D eigenvalue weighted by atomic mass is 9.97. The number of rotatable bonds is 7. The summed E-state index contributed by atoms with van der Waals surface area (Å²) in [7, 11) is -3.13. The first-order valence-corrected chi connectivity index (χ1v) is 11.0. The number of hydrogen-bond donors (Lipinski definition) is 1. The first kappa shape index (κ1) is 19.7. The average Bonchev–Trinajstić information content (AvgIpc) is 2.56. The molecule has 0 saturated carbocycles. The molecule has 0 bridgehead atoms. The van der Waals surface area contributed by atoms with Crippen LogP contribution in [0.15, 0.2) is 0 Å². The molecule has 2 saturated heterocycles. The van der Waals surface area contributed by atoms with E-state index in [1.807, 2.05) is 6.92 Å². The van der Waals surface area contributed by atoms with Gasteiger partial charge in [-0.2, -0.15) is 0 Å². The van der Waals surface area contributed by atoms with Gasteiger partial charge in [0.15, 0.2) is 0 Å². The van der Waals surface area contributed by atoms with Gasteiger partial charge in [0.05, 0.1) is 5.75 Å². The quantitative estimate of drug-likeness (QED) is 0.746. The predicted octanol–water partition coefficient (Wildman–Crippen LogP) is 1.43. The molecule has 1 N–H and O–H groups in total. The largest absolute Gasteiger partial charge is 0.355 e. The van der Waals surface area contributed by atoms with Gasteiger partial charge >= 0.3 is 0 Å². The zero-order chi connectivity index (χ0) is 17.6. The second-order valence-corrected chi connectivity index (χ2v) is 9.25. The fourth-order valence-electron chi connectivity index (χ4n) is 3.74. The number of piperidine rings is 2. The van der Waals surface area contributed by atoms with Crippen molar-refractivity contribution < 1.29 is 13.2 Å². The summed E-state index contributed by atoms with van der Waals surface area (Å²) in [5.41, 5.74) is 0. The van der Waals surface area contributed by atoms with E-state index in [9.17, 15) is 13.2 Å². The molecule has 0 unspecified atom stereocenters. The lowest BCUT2D eigenvalue weighted by Gasteiger charge is -2.34. The van der Waals surface area contributed by atoms with Crippen LogP contribution in [0.25, 0.3) is 0 Å². The minimum Gasteiger partial charge on any atom is -0.355 e. The first-order valence-electron chi connectivity index (χ1n) is 9.43. The Hall–Kier alpha value is -0.660. The van der Waals surface area contributed by atoms with Crippen molar-refractivity contribution >= 4 is 15.9 Å². The Kier molecular flexibility index (Phi) is 7.50. The maximum absolute atomic E-state index is 12.3. The van der Waals surface area contributed by atoms with E-state index in [1.165, 1.54) is 19.3 Å². The molecule has 0 radical (unpaired) electrons. The Bertz CT molecular complexity index is 501. The monoisotopic (exact) mass is 359 g/mol. The Balaban J connectivity index is 1.69. The molecule has 0 spiro atoms. The topological polar surface area (TPSA) is 69.7 Å². The van der Waals surface area contributed by atoms with E-state index >= 15 is 0 Å². The molecule has 1 amide bonds. The van der Waals surface area contributed by atoms with Crippen LogP contribution in [-0.2, 0) is 14.8 Å². The van der Waals surface area contributed by atoms with Gasteiger partial charge < -0.3 is 5.32 Å². The fourth-order valence-corrected chi connectivity index (χ4v) is 5.28. The smallest absolute Gasteiger partial charge is 0.223 e. The Morgan fingerprint density at radius 1 is 1.12 bits per heavy atom. The molecule has 0 aromatic carbocycles. The highest BCUT2D eigenvalue weighted by Crippen LogP contribution is 2.20. The van der Waals surface area contributed by atoms with Crippen LogP contribution in [-0.4, -0.2) is 68.0 Å². The molecule has 2 aliphatic heterocycles. The van der Waals surface area contributed by atoms with E-state index in [2.05, 4.69) is 17.1 Å². The first-order chi connectivity index (χ1) is 11.4. The van der Waals surface area contributed by atoms with Crippen LogP contribution in [0, 0.1) is 5.92 Å². The number of sulfonamides is 1. The van der Waals surface area contributed by atoms with E-state index in [1.54, 1.807) is 4.31 Å². The molecule has 2 heterocycles. The molecular weight excluding hydrogens is 326 g/mol. The SMILES string of the molecule is CCCS(=O)(=O)N1CCC(C(=O)NCCN2CCCC[C@H]2C)CC1. The Morgan fingerprint density at radius 2 is 1.83 bits per heavy atom. The van der Waals surface area contributed by atoms with Gasteiger partial charge in [0.2, 0.25) is 15.9 Å². The molecule has 0 aromatic heterocycles. The summed E-state index contributed by atoms with van der Waals surface area (Å²) in [4.78, 5) is 14.8. The number of nitrogens with one attached hydrogen (secondary N) is 1. The van der Waals surface area contributed by atoms with Crippen LogP contribution < -0.4 is 5.32 Å². The fraction of sp³-hybridized carbons (Fsp3) is 0.941. The van der Waals surface area contributed by atoms with Crippen LogP contribution in [0.3, 0.4) is 0 Å². The normalized spacial score (nSPS) is 24.8. The highest BCUT2D eigenvalue weighted by molar-refractivity contribution is 7.89. The third kappa shape index (κ3) is 5.43. The van der Waals surface area contributed by atoms with E-state index in [0.29, 0.717) is 44.9 Å². The van der Waals surface area contributed by atoms with Crippen molar-refractivity contribution in [3.05, 3.63) is 0 Å². The van der Waals surface area contributed by atoms with E-state index in [4.69, 9.17) is 0 Å². The molecule has 7 heteroatoms. The molecule has 24 heavy (non-hydrogen) atoms. The summed E-state index contributed by atoms with van der Waals surface area (Å²) < 4.78 is 25.7. The van der Waals surface area contributed by atoms with Gasteiger partial charge in [-0.1, -0.05) is 13.3 Å². The number of nitrogens with zero attached hydrogens (tertiary/aromatic N) is 2. The van der Waals surface area contributed by atoms with Gasteiger partial charge in [-0.05, 0) is 45.6 Å². The van der Waals surface area contributed by atoms with Crippen molar-refractivity contribution in [1.82, 2.24) is 14.5 Å². The second kappa shape index (κ2) is 9.15. The minimum atomic E-state index is -3.13. The van der Waals surface area contributed by atoms with Crippen molar-refractivity contribution in [2.75, 3.05) is 38.5 Å². The van der Waals surface area contributed by atoms with Crippen LogP contribution in [0.2, 0.25) is 0 Å². The molecule has 140 valence electrons. The molecule has 1 atom stereocenters. The Morgan fingerprint density at radius 3 is 2.46 bits per heavy atom. The maximum atomic E-state index is 12.3. The van der Waals surface area contributed by atoms with Gasteiger partial charge in [0, 0.05) is 38.1 Å². The molecule has 2 rings (SSSR count). The lowest BCUT2D eigenvalue weighted by molar-refractivity contribution is -0.126. The molecular formula is C17H33N3O3S. The molecule has 6 nitrogen and oxygen atoms in total. The standard InChI is InChI=1S/C17H33N3O3S/c1-3-14-24(22,23)20-11-7-16(8-12-20)17(21)18-9-13-19-10-5-4-6-15(19)2/h15-16H,3-14H2,1-2H3,(H,18,21)/t15-/m1/s1. The van der Waals surface area contributed by atoms with Crippen molar-refractivity contribution in [1.29, 1.82) is 0 Å². The summed E-state index contributed by atoms with van der Waals surface area (Å²) in [5, 5.41) is 3.05.